The molecule has 1 atom stereocenters. The van der Waals surface area contributed by atoms with Gasteiger partial charge in [-0.3, -0.25) is 4.99 Å². The average molecular weight is 296 g/mol. The van der Waals surface area contributed by atoms with Crippen LogP contribution in [-0.2, 0) is 0 Å². The predicted octanol–water partition coefficient (Wildman–Crippen LogP) is 3.68. The number of anilines is 1. The van der Waals surface area contributed by atoms with Gasteiger partial charge in [0.05, 0.1) is 5.54 Å². The molecule has 0 aliphatic heterocycles. The molecule has 0 heterocycles. The molecule has 0 fully saturated rings. The van der Waals surface area contributed by atoms with Crippen LogP contribution < -0.4 is 4.90 Å². The highest BCUT2D eigenvalue weighted by Gasteiger charge is 2.27. The van der Waals surface area contributed by atoms with Crippen LogP contribution in [0.25, 0.3) is 0 Å². The fourth-order valence-electron chi connectivity index (χ4n) is 2.21. The molecule has 22 heavy (non-hydrogen) atoms. The van der Waals surface area contributed by atoms with Crippen molar-refractivity contribution in [2.24, 2.45) is 4.99 Å². The zero-order valence-electron chi connectivity index (χ0n) is 13.7. The Bertz CT molecular complexity index is 616. The molecule has 116 valence electrons. The summed E-state index contributed by atoms with van der Waals surface area (Å²) in [5.41, 5.74) is 2.48. The molecule has 0 amide bonds. The minimum Gasteiger partial charge on any atom is -0.386 e. The second kappa shape index (κ2) is 6.75. The van der Waals surface area contributed by atoms with Gasteiger partial charge in [0.2, 0.25) is 0 Å². The SMILES string of the molecule is CN(C)c1ccc(C=NC(C)(C)C(O)c2ccccc2)cc1. The standard InChI is InChI=1S/C19H24N2O/c1-19(2,18(22)16-8-6-5-7-9-16)20-14-15-10-12-17(13-11-15)21(3)4/h5-14,18,22H,1-4H3. The Morgan fingerprint density at radius 2 is 1.59 bits per heavy atom. The Kier molecular flexibility index (Phi) is 4.99. The van der Waals surface area contributed by atoms with E-state index < -0.39 is 11.6 Å². The second-order valence-electron chi connectivity index (χ2n) is 6.21. The van der Waals surface area contributed by atoms with Crippen molar-refractivity contribution < 1.29 is 5.11 Å². The van der Waals surface area contributed by atoms with Gasteiger partial charge in [-0.05, 0) is 37.1 Å². The van der Waals surface area contributed by atoms with Crippen LogP contribution in [0.2, 0.25) is 0 Å². The zero-order valence-corrected chi connectivity index (χ0v) is 13.7. The van der Waals surface area contributed by atoms with Crippen LogP contribution in [-0.4, -0.2) is 31.0 Å². The Morgan fingerprint density at radius 1 is 1.00 bits per heavy atom. The van der Waals surface area contributed by atoms with E-state index in [4.69, 9.17) is 0 Å². The summed E-state index contributed by atoms with van der Waals surface area (Å²) in [5, 5.41) is 10.5. The van der Waals surface area contributed by atoms with Gasteiger partial charge in [0.25, 0.3) is 0 Å². The lowest BCUT2D eigenvalue weighted by atomic mass is 9.92. The Hall–Kier alpha value is -2.13. The van der Waals surface area contributed by atoms with Crippen molar-refractivity contribution in [1.82, 2.24) is 0 Å². The summed E-state index contributed by atoms with van der Waals surface area (Å²) in [6, 6.07) is 17.8. The maximum absolute atomic E-state index is 10.5. The van der Waals surface area contributed by atoms with E-state index in [2.05, 4.69) is 22.0 Å². The summed E-state index contributed by atoms with van der Waals surface area (Å²) in [6.07, 6.45) is 1.19. The number of hydrogen-bond acceptors (Lipinski definition) is 3. The number of rotatable bonds is 5. The molecule has 3 nitrogen and oxygen atoms in total. The van der Waals surface area contributed by atoms with Crippen LogP contribution in [0.1, 0.15) is 31.1 Å². The van der Waals surface area contributed by atoms with Gasteiger partial charge in [-0.15, -0.1) is 0 Å². The normalized spacial score (nSPS) is 13.3. The lowest BCUT2D eigenvalue weighted by molar-refractivity contribution is 0.106. The first-order chi connectivity index (χ1) is 10.4. The quantitative estimate of drug-likeness (QED) is 0.854. The van der Waals surface area contributed by atoms with Gasteiger partial charge < -0.3 is 10.0 Å². The highest BCUT2D eigenvalue weighted by atomic mass is 16.3. The molecule has 0 saturated heterocycles. The minimum absolute atomic E-state index is 0.582. The van der Waals surface area contributed by atoms with Crippen LogP contribution in [0.15, 0.2) is 59.6 Å². The Morgan fingerprint density at radius 3 is 2.14 bits per heavy atom. The number of benzene rings is 2. The molecule has 1 unspecified atom stereocenters. The van der Waals surface area contributed by atoms with Crippen molar-refractivity contribution >= 4 is 11.9 Å². The van der Waals surface area contributed by atoms with Gasteiger partial charge in [0.1, 0.15) is 6.10 Å². The first kappa shape index (κ1) is 16.2. The predicted molar refractivity (Wildman–Crippen MR) is 93.8 cm³/mol. The molecule has 2 aromatic carbocycles. The highest BCUT2D eigenvalue weighted by molar-refractivity contribution is 5.80. The first-order valence-electron chi connectivity index (χ1n) is 7.46. The maximum atomic E-state index is 10.5. The van der Waals surface area contributed by atoms with E-state index in [9.17, 15) is 5.11 Å². The van der Waals surface area contributed by atoms with Gasteiger partial charge in [0.15, 0.2) is 0 Å². The molecule has 0 bridgehead atoms. The Balaban J connectivity index is 2.13. The molecular formula is C19H24N2O. The van der Waals surface area contributed by atoms with Crippen LogP contribution in [0.4, 0.5) is 5.69 Å². The van der Waals surface area contributed by atoms with Crippen LogP contribution >= 0.6 is 0 Å². The van der Waals surface area contributed by atoms with Crippen molar-refractivity contribution in [3.8, 4) is 0 Å². The Labute approximate surface area is 132 Å². The molecule has 0 aromatic heterocycles. The average Bonchev–Trinajstić information content (AvgIpc) is 2.53. The summed E-state index contributed by atoms with van der Waals surface area (Å²) in [5.74, 6) is 0. The topological polar surface area (TPSA) is 35.8 Å². The molecule has 2 rings (SSSR count). The summed E-state index contributed by atoms with van der Waals surface area (Å²) < 4.78 is 0. The van der Waals surface area contributed by atoms with E-state index in [1.54, 1.807) is 0 Å². The molecule has 2 aromatic rings. The van der Waals surface area contributed by atoms with Crippen LogP contribution in [0, 0.1) is 0 Å². The summed E-state index contributed by atoms with van der Waals surface area (Å²) in [4.78, 5) is 6.65. The molecule has 3 heteroatoms. The highest BCUT2D eigenvalue weighted by Crippen LogP contribution is 2.28. The third-order valence-corrected chi connectivity index (χ3v) is 3.74. The van der Waals surface area contributed by atoms with E-state index in [1.165, 1.54) is 0 Å². The van der Waals surface area contributed by atoms with Crippen molar-refractivity contribution in [3.05, 3.63) is 65.7 Å². The fraction of sp³-hybridized carbons (Fsp3) is 0.316. The molecule has 0 aliphatic carbocycles. The lowest BCUT2D eigenvalue weighted by Crippen LogP contribution is -2.27. The summed E-state index contributed by atoms with van der Waals surface area (Å²) in [7, 11) is 4.03. The fourth-order valence-corrected chi connectivity index (χ4v) is 2.21. The smallest absolute Gasteiger partial charge is 0.104 e. The van der Waals surface area contributed by atoms with Crippen molar-refractivity contribution in [2.75, 3.05) is 19.0 Å². The third kappa shape index (κ3) is 3.95. The number of hydrogen-bond donors (Lipinski definition) is 1. The number of aliphatic imine (C=N–C) groups is 1. The van der Waals surface area contributed by atoms with Crippen molar-refractivity contribution in [3.63, 3.8) is 0 Å². The van der Waals surface area contributed by atoms with E-state index in [1.807, 2.05) is 76.6 Å². The number of aliphatic hydroxyl groups is 1. The van der Waals surface area contributed by atoms with Crippen LogP contribution in [0.5, 0.6) is 0 Å². The van der Waals surface area contributed by atoms with E-state index in [-0.39, 0.29) is 0 Å². The van der Waals surface area contributed by atoms with Gasteiger partial charge in [0, 0.05) is 26.0 Å². The second-order valence-corrected chi connectivity index (χ2v) is 6.21. The van der Waals surface area contributed by atoms with Crippen molar-refractivity contribution in [1.29, 1.82) is 0 Å². The van der Waals surface area contributed by atoms with E-state index in [0.29, 0.717) is 0 Å². The van der Waals surface area contributed by atoms with Gasteiger partial charge in [-0.2, -0.15) is 0 Å². The molecule has 0 spiro atoms. The maximum Gasteiger partial charge on any atom is 0.104 e. The molecule has 0 radical (unpaired) electrons. The molecule has 0 saturated carbocycles. The van der Waals surface area contributed by atoms with E-state index >= 15 is 0 Å². The van der Waals surface area contributed by atoms with Gasteiger partial charge in [-0.25, -0.2) is 0 Å². The van der Waals surface area contributed by atoms with Crippen LogP contribution in [0.3, 0.4) is 0 Å². The first-order valence-corrected chi connectivity index (χ1v) is 7.46. The monoisotopic (exact) mass is 296 g/mol. The van der Waals surface area contributed by atoms with E-state index in [0.717, 1.165) is 16.8 Å². The largest absolute Gasteiger partial charge is 0.386 e. The number of nitrogens with zero attached hydrogens (tertiary/aromatic N) is 2. The van der Waals surface area contributed by atoms with Gasteiger partial charge >= 0.3 is 0 Å². The molecular weight excluding hydrogens is 272 g/mol. The van der Waals surface area contributed by atoms with Crippen molar-refractivity contribution in [2.45, 2.75) is 25.5 Å². The molecule has 0 aliphatic rings. The zero-order chi connectivity index (χ0) is 16.2. The lowest BCUT2D eigenvalue weighted by Gasteiger charge is -2.26. The van der Waals surface area contributed by atoms with Gasteiger partial charge in [-0.1, -0.05) is 42.5 Å². The third-order valence-electron chi connectivity index (χ3n) is 3.74. The minimum atomic E-state index is -0.633. The summed E-state index contributed by atoms with van der Waals surface area (Å²) in [6.45, 7) is 3.88. The number of aliphatic hydroxyl groups excluding tert-OH is 1. The molecule has 1 N–H and O–H groups in total. The summed E-state index contributed by atoms with van der Waals surface area (Å²) >= 11 is 0.